The molecular formula is C18H23N3O. The van der Waals surface area contributed by atoms with E-state index in [0.29, 0.717) is 5.92 Å². The van der Waals surface area contributed by atoms with E-state index in [1.54, 1.807) is 0 Å². The molecule has 4 rings (SSSR count). The third-order valence-corrected chi connectivity index (χ3v) is 5.44. The Morgan fingerprint density at radius 1 is 1.32 bits per heavy atom. The predicted octanol–water partition coefficient (Wildman–Crippen LogP) is 3.49. The van der Waals surface area contributed by atoms with Gasteiger partial charge in [-0.1, -0.05) is 19.3 Å². The molecule has 0 amide bonds. The lowest BCUT2D eigenvalue weighted by molar-refractivity contribution is 0.0686. The molecule has 0 bridgehead atoms. The first-order valence-corrected chi connectivity index (χ1v) is 8.41. The smallest absolute Gasteiger partial charge is 0.0960 e. The van der Waals surface area contributed by atoms with Crippen LogP contribution in [0.2, 0.25) is 0 Å². The summed E-state index contributed by atoms with van der Waals surface area (Å²) in [6.45, 7) is 2.04. The van der Waals surface area contributed by atoms with Gasteiger partial charge in [0.15, 0.2) is 0 Å². The molecule has 3 heterocycles. The van der Waals surface area contributed by atoms with Crippen LogP contribution in [-0.4, -0.2) is 25.7 Å². The van der Waals surface area contributed by atoms with Crippen molar-refractivity contribution in [3.63, 3.8) is 0 Å². The Hall–Kier alpha value is -1.68. The molecule has 4 heteroatoms. The molecule has 0 radical (unpaired) electrons. The van der Waals surface area contributed by atoms with E-state index in [4.69, 9.17) is 0 Å². The van der Waals surface area contributed by atoms with E-state index in [0.717, 1.165) is 12.1 Å². The number of hydrogen-bond acceptors (Lipinski definition) is 3. The van der Waals surface area contributed by atoms with Crippen molar-refractivity contribution in [1.29, 1.82) is 0 Å². The van der Waals surface area contributed by atoms with Gasteiger partial charge in [-0.3, -0.25) is 4.98 Å². The number of pyridine rings is 1. The predicted molar refractivity (Wildman–Crippen MR) is 85.5 cm³/mol. The number of nitrogens with zero attached hydrogens (tertiary/aromatic N) is 3. The van der Waals surface area contributed by atoms with Crippen molar-refractivity contribution in [3.05, 3.63) is 36.0 Å². The lowest BCUT2D eigenvalue weighted by Gasteiger charge is -2.29. The molecule has 2 aliphatic rings. The lowest BCUT2D eigenvalue weighted by atomic mass is 9.82. The molecule has 1 saturated carbocycles. The fourth-order valence-corrected chi connectivity index (χ4v) is 4.25. The normalized spacial score (nSPS) is 22.4. The van der Waals surface area contributed by atoms with Crippen LogP contribution >= 0.6 is 0 Å². The van der Waals surface area contributed by atoms with Gasteiger partial charge in [-0.2, -0.15) is 0 Å². The summed E-state index contributed by atoms with van der Waals surface area (Å²) in [6.07, 6.45) is 12.5. The summed E-state index contributed by atoms with van der Waals surface area (Å²) in [5.41, 5.74) is 4.68. The molecule has 0 aromatic carbocycles. The zero-order chi connectivity index (χ0) is 15.1. The maximum Gasteiger partial charge on any atom is 0.0960 e. The van der Waals surface area contributed by atoms with Gasteiger partial charge in [0.1, 0.15) is 0 Å². The van der Waals surface area contributed by atoms with Gasteiger partial charge in [0.2, 0.25) is 0 Å². The molecule has 1 aliphatic heterocycles. The highest BCUT2D eigenvalue weighted by atomic mass is 16.3. The second-order valence-electron chi connectivity index (χ2n) is 6.77. The molecule has 2 unspecified atom stereocenters. The highest BCUT2D eigenvalue weighted by Crippen LogP contribution is 2.43. The number of rotatable bonds is 3. The van der Waals surface area contributed by atoms with Crippen molar-refractivity contribution < 1.29 is 5.11 Å². The van der Waals surface area contributed by atoms with Crippen LogP contribution in [0.3, 0.4) is 0 Å². The molecule has 1 aliphatic carbocycles. The van der Waals surface area contributed by atoms with Crippen molar-refractivity contribution in [3.8, 4) is 11.3 Å². The van der Waals surface area contributed by atoms with E-state index in [-0.39, 0.29) is 12.1 Å². The van der Waals surface area contributed by atoms with Gasteiger partial charge in [0.25, 0.3) is 0 Å². The molecular weight excluding hydrogens is 274 g/mol. The summed E-state index contributed by atoms with van der Waals surface area (Å²) in [7, 11) is 0. The first-order chi connectivity index (χ1) is 10.8. The Bertz CT molecular complexity index is 673. The average molecular weight is 297 g/mol. The number of fused-ring (bicyclic) bond motifs is 3. The number of aliphatic hydroxyl groups is 1. The first-order valence-electron chi connectivity index (χ1n) is 8.41. The van der Waals surface area contributed by atoms with Crippen molar-refractivity contribution in [2.24, 2.45) is 5.92 Å². The topological polar surface area (TPSA) is 50.9 Å². The zero-order valence-corrected chi connectivity index (χ0v) is 13.1. The van der Waals surface area contributed by atoms with Gasteiger partial charge in [-0.05, 0) is 43.7 Å². The van der Waals surface area contributed by atoms with E-state index in [9.17, 15) is 5.11 Å². The second kappa shape index (κ2) is 5.51. The number of aryl methyl sites for hydroxylation is 1. The summed E-state index contributed by atoms with van der Waals surface area (Å²) in [6, 6.07) is 2.30. The zero-order valence-electron chi connectivity index (χ0n) is 13.1. The van der Waals surface area contributed by atoms with E-state index in [2.05, 4.69) is 20.6 Å². The third-order valence-electron chi connectivity index (χ3n) is 5.44. The van der Waals surface area contributed by atoms with Crippen molar-refractivity contribution >= 4 is 0 Å². The van der Waals surface area contributed by atoms with Gasteiger partial charge in [0, 0.05) is 18.0 Å². The maximum atomic E-state index is 10.7. The highest BCUT2D eigenvalue weighted by Gasteiger charge is 2.33. The van der Waals surface area contributed by atoms with Crippen LogP contribution in [0.5, 0.6) is 0 Å². The van der Waals surface area contributed by atoms with Crippen LogP contribution in [0.1, 0.15) is 55.8 Å². The van der Waals surface area contributed by atoms with Crippen LogP contribution in [-0.2, 0) is 0 Å². The second-order valence-corrected chi connectivity index (χ2v) is 6.77. The molecule has 2 atom stereocenters. The Morgan fingerprint density at radius 3 is 2.95 bits per heavy atom. The molecule has 2 aromatic heterocycles. The molecule has 4 nitrogen and oxygen atoms in total. The van der Waals surface area contributed by atoms with Gasteiger partial charge in [0.05, 0.1) is 29.9 Å². The molecule has 1 N–H and O–H groups in total. The number of imidazole rings is 1. The summed E-state index contributed by atoms with van der Waals surface area (Å²) < 4.78 is 2.23. The summed E-state index contributed by atoms with van der Waals surface area (Å²) >= 11 is 0. The molecule has 116 valence electrons. The van der Waals surface area contributed by atoms with E-state index < -0.39 is 0 Å². The first kappa shape index (κ1) is 13.9. The lowest BCUT2D eigenvalue weighted by Crippen LogP contribution is -2.26. The Balaban J connectivity index is 1.64. The van der Waals surface area contributed by atoms with E-state index in [1.165, 1.54) is 48.9 Å². The maximum absolute atomic E-state index is 10.7. The summed E-state index contributed by atoms with van der Waals surface area (Å²) in [5.74, 6) is 0.465. The fourth-order valence-electron chi connectivity index (χ4n) is 4.25. The quantitative estimate of drug-likeness (QED) is 0.943. The highest BCUT2D eigenvalue weighted by molar-refractivity contribution is 5.70. The standard InChI is InChI=1S/C18H23N3O/c1-12-18-15-10-19-8-7-14(15)16(21(18)11-20-12)9-17(22)13-5-3-2-4-6-13/h7-8,10-11,13,16-17,22H,2-6,9H2,1H3. The number of aliphatic hydroxyl groups excluding tert-OH is 1. The Morgan fingerprint density at radius 2 is 2.14 bits per heavy atom. The van der Waals surface area contributed by atoms with Crippen molar-refractivity contribution in [2.75, 3.05) is 0 Å². The van der Waals surface area contributed by atoms with Crippen LogP contribution < -0.4 is 0 Å². The minimum atomic E-state index is -0.222. The number of aromatic nitrogens is 3. The Labute approximate surface area is 131 Å². The van der Waals surface area contributed by atoms with Crippen molar-refractivity contribution in [1.82, 2.24) is 14.5 Å². The van der Waals surface area contributed by atoms with Crippen LogP contribution in [0.25, 0.3) is 11.3 Å². The number of hydrogen-bond donors (Lipinski definition) is 1. The fraction of sp³-hybridized carbons (Fsp3) is 0.556. The van der Waals surface area contributed by atoms with Gasteiger partial charge < -0.3 is 9.67 Å². The summed E-state index contributed by atoms with van der Waals surface area (Å²) in [4.78, 5) is 8.74. The van der Waals surface area contributed by atoms with Gasteiger partial charge in [-0.25, -0.2) is 4.98 Å². The Kier molecular flexibility index (Phi) is 3.49. The SMILES string of the molecule is Cc1ncn2c1-c1cnccc1C2CC(O)C1CCCCC1. The van der Waals surface area contributed by atoms with Crippen LogP contribution in [0, 0.1) is 12.8 Å². The minimum Gasteiger partial charge on any atom is -0.393 e. The third kappa shape index (κ3) is 2.17. The monoisotopic (exact) mass is 297 g/mol. The summed E-state index contributed by atoms with van der Waals surface area (Å²) in [5, 5.41) is 10.7. The van der Waals surface area contributed by atoms with E-state index in [1.807, 2.05) is 25.6 Å². The van der Waals surface area contributed by atoms with Crippen LogP contribution in [0.15, 0.2) is 24.8 Å². The van der Waals surface area contributed by atoms with Crippen LogP contribution in [0.4, 0.5) is 0 Å². The van der Waals surface area contributed by atoms with Crippen molar-refractivity contribution in [2.45, 2.75) is 57.6 Å². The molecule has 1 fully saturated rings. The molecule has 0 spiro atoms. The minimum absolute atomic E-state index is 0.200. The molecule has 22 heavy (non-hydrogen) atoms. The molecule has 2 aromatic rings. The molecule has 0 saturated heterocycles. The van der Waals surface area contributed by atoms with Gasteiger partial charge in [-0.15, -0.1) is 0 Å². The average Bonchev–Trinajstić information content (AvgIpc) is 3.08. The van der Waals surface area contributed by atoms with Gasteiger partial charge >= 0.3 is 0 Å². The largest absolute Gasteiger partial charge is 0.393 e. The van der Waals surface area contributed by atoms with E-state index >= 15 is 0 Å².